The van der Waals surface area contributed by atoms with E-state index < -0.39 is 17.0 Å². The SMILES string of the molecule is O=C(Cl)[C@@H]1CC(=O)N(c2ccc(Br)cc2F)C1. The average Bonchev–Trinajstić information content (AvgIpc) is 2.61. The van der Waals surface area contributed by atoms with E-state index in [-0.39, 0.29) is 24.6 Å². The average molecular weight is 321 g/mol. The van der Waals surface area contributed by atoms with Gasteiger partial charge in [-0.2, -0.15) is 0 Å². The third kappa shape index (κ3) is 2.50. The van der Waals surface area contributed by atoms with E-state index in [9.17, 15) is 14.0 Å². The van der Waals surface area contributed by atoms with Crippen molar-refractivity contribution in [2.45, 2.75) is 6.42 Å². The second-order valence-corrected chi connectivity index (χ2v) is 5.09. The summed E-state index contributed by atoms with van der Waals surface area (Å²) in [5.41, 5.74) is 0.179. The predicted molar refractivity (Wildman–Crippen MR) is 65.4 cm³/mol. The summed E-state index contributed by atoms with van der Waals surface area (Å²) in [4.78, 5) is 23.9. The number of halogens is 3. The van der Waals surface area contributed by atoms with Gasteiger partial charge in [0.2, 0.25) is 11.1 Å². The summed E-state index contributed by atoms with van der Waals surface area (Å²) in [5, 5.41) is -0.557. The molecule has 17 heavy (non-hydrogen) atoms. The largest absolute Gasteiger partial charge is 0.309 e. The second kappa shape index (κ2) is 4.74. The van der Waals surface area contributed by atoms with Crippen molar-refractivity contribution >= 4 is 44.4 Å². The summed E-state index contributed by atoms with van der Waals surface area (Å²) in [6, 6.07) is 4.42. The van der Waals surface area contributed by atoms with Gasteiger partial charge in [0, 0.05) is 17.4 Å². The predicted octanol–water partition coefficient (Wildman–Crippen LogP) is 2.71. The maximum absolute atomic E-state index is 13.7. The van der Waals surface area contributed by atoms with Gasteiger partial charge in [0.25, 0.3) is 0 Å². The van der Waals surface area contributed by atoms with Gasteiger partial charge in [0.05, 0.1) is 11.6 Å². The molecule has 1 fully saturated rings. The molecule has 1 aromatic rings. The fourth-order valence-corrected chi connectivity index (χ4v) is 2.27. The molecule has 1 aliphatic heterocycles. The fraction of sp³-hybridized carbons (Fsp3) is 0.273. The van der Waals surface area contributed by atoms with Crippen LogP contribution in [0.4, 0.5) is 10.1 Å². The molecule has 0 N–H and O–H groups in total. The van der Waals surface area contributed by atoms with Crippen molar-refractivity contribution in [2.75, 3.05) is 11.4 Å². The molecule has 1 aromatic carbocycles. The molecule has 0 spiro atoms. The van der Waals surface area contributed by atoms with Gasteiger partial charge < -0.3 is 4.90 Å². The van der Waals surface area contributed by atoms with Crippen molar-refractivity contribution in [3.8, 4) is 0 Å². The zero-order valence-corrected chi connectivity index (χ0v) is 11.0. The van der Waals surface area contributed by atoms with E-state index in [0.717, 1.165) is 0 Å². The van der Waals surface area contributed by atoms with Gasteiger partial charge >= 0.3 is 0 Å². The minimum absolute atomic E-state index is 0.0395. The highest BCUT2D eigenvalue weighted by Crippen LogP contribution is 2.29. The highest BCUT2D eigenvalue weighted by molar-refractivity contribution is 9.10. The van der Waals surface area contributed by atoms with E-state index >= 15 is 0 Å². The summed E-state index contributed by atoms with van der Waals surface area (Å²) in [6.45, 7) is 0.139. The number of rotatable bonds is 2. The Morgan fingerprint density at radius 1 is 1.53 bits per heavy atom. The smallest absolute Gasteiger partial charge is 0.227 e. The van der Waals surface area contributed by atoms with Crippen LogP contribution < -0.4 is 4.90 Å². The first kappa shape index (κ1) is 12.5. The number of nitrogens with zero attached hydrogens (tertiary/aromatic N) is 1. The van der Waals surface area contributed by atoms with Crippen molar-refractivity contribution < 1.29 is 14.0 Å². The standard InChI is InChI=1S/C11H8BrClFNO2/c12-7-1-2-9(8(14)4-7)15-5-6(11(13)17)3-10(15)16/h1-2,4,6H,3,5H2/t6-/m1/s1. The van der Waals surface area contributed by atoms with Crippen molar-refractivity contribution in [3.63, 3.8) is 0 Å². The molecule has 0 bridgehead atoms. The molecule has 1 heterocycles. The molecule has 1 atom stereocenters. The zero-order chi connectivity index (χ0) is 12.6. The van der Waals surface area contributed by atoms with Gasteiger partial charge in [-0.3, -0.25) is 9.59 Å². The first-order valence-electron chi connectivity index (χ1n) is 4.94. The Kier molecular flexibility index (Phi) is 3.49. The van der Waals surface area contributed by atoms with E-state index in [1.165, 1.54) is 17.0 Å². The number of benzene rings is 1. The number of hydrogen-bond acceptors (Lipinski definition) is 2. The highest BCUT2D eigenvalue weighted by Gasteiger charge is 2.35. The van der Waals surface area contributed by atoms with Crippen LogP contribution in [0.2, 0.25) is 0 Å². The van der Waals surface area contributed by atoms with Gasteiger partial charge in [-0.25, -0.2) is 4.39 Å². The molecule has 1 saturated heterocycles. The molecule has 0 unspecified atom stereocenters. The lowest BCUT2D eigenvalue weighted by Crippen LogP contribution is -2.26. The fourth-order valence-electron chi connectivity index (χ4n) is 1.79. The Hall–Kier alpha value is -0.940. The molecule has 0 radical (unpaired) electrons. The van der Waals surface area contributed by atoms with E-state index in [0.29, 0.717) is 4.47 Å². The Bertz CT molecular complexity index is 494. The van der Waals surface area contributed by atoms with Crippen molar-refractivity contribution in [1.29, 1.82) is 0 Å². The number of hydrogen-bond donors (Lipinski definition) is 0. The number of anilines is 1. The molecule has 2 rings (SSSR count). The first-order chi connectivity index (χ1) is 7.99. The molecule has 3 nitrogen and oxygen atoms in total. The minimum Gasteiger partial charge on any atom is -0.309 e. The summed E-state index contributed by atoms with van der Waals surface area (Å²) < 4.78 is 14.3. The molecule has 90 valence electrons. The monoisotopic (exact) mass is 319 g/mol. The number of carbonyl (C=O) groups is 2. The quantitative estimate of drug-likeness (QED) is 0.786. The third-order valence-corrected chi connectivity index (χ3v) is 3.45. The normalized spacial score (nSPS) is 19.8. The second-order valence-electron chi connectivity index (χ2n) is 3.81. The van der Waals surface area contributed by atoms with Crippen LogP contribution in [0.1, 0.15) is 6.42 Å². The van der Waals surface area contributed by atoms with Crippen molar-refractivity contribution in [2.24, 2.45) is 5.92 Å². The van der Waals surface area contributed by atoms with Gasteiger partial charge in [0.1, 0.15) is 5.82 Å². The first-order valence-corrected chi connectivity index (χ1v) is 6.11. The third-order valence-electron chi connectivity index (χ3n) is 2.65. The van der Waals surface area contributed by atoms with Crippen molar-refractivity contribution in [3.05, 3.63) is 28.5 Å². The summed E-state index contributed by atoms with van der Waals surface area (Å²) in [7, 11) is 0. The van der Waals surface area contributed by atoms with Crippen molar-refractivity contribution in [1.82, 2.24) is 0 Å². The van der Waals surface area contributed by atoms with Gasteiger partial charge in [-0.1, -0.05) is 15.9 Å². The van der Waals surface area contributed by atoms with Crippen LogP contribution in [0.25, 0.3) is 0 Å². The topological polar surface area (TPSA) is 37.4 Å². The Labute approximate surface area is 111 Å². The molecular weight excluding hydrogens is 312 g/mol. The molecule has 0 saturated carbocycles. The Morgan fingerprint density at radius 3 is 2.76 bits per heavy atom. The van der Waals surface area contributed by atoms with E-state index in [1.54, 1.807) is 6.07 Å². The maximum atomic E-state index is 13.7. The summed E-state index contributed by atoms with van der Waals surface area (Å²) in [5.74, 6) is -1.34. The van der Waals surface area contributed by atoms with Crippen LogP contribution in [0.3, 0.4) is 0 Å². The molecule has 6 heteroatoms. The van der Waals surface area contributed by atoms with E-state index in [1.807, 2.05) is 0 Å². The van der Waals surface area contributed by atoms with E-state index in [2.05, 4.69) is 15.9 Å². The molecule has 0 aliphatic carbocycles. The molecule has 1 aliphatic rings. The minimum atomic E-state index is -0.557. The summed E-state index contributed by atoms with van der Waals surface area (Å²) >= 11 is 8.48. The molecule has 0 aromatic heterocycles. The van der Waals surface area contributed by atoms with Crippen LogP contribution in [-0.2, 0) is 9.59 Å². The van der Waals surface area contributed by atoms with Gasteiger partial charge in [-0.15, -0.1) is 0 Å². The van der Waals surface area contributed by atoms with Gasteiger partial charge in [-0.05, 0) is 29.8 Å². The number of amides is 1. The zero-order valence-electron chi connectivity index (χ0n) is 8.62. The molecule has 1 amide bonds. The van der Waals surface area contributed by atoms with Crippen LogP contribution in [0.15, 0.2) is 22.7 Å². The van der Waals surface area contributed by atoms with Crippen LogP contribution in [-0.4, -0.2) is 17.7 Å². The van der Waals surface area contributed by atoms with Gasteiger partial charge in [0.15, 0.2) is 0 Å². The Morgan fingerprint density at radius 2 is 2.24 bits per heavy atom. The van der Waals surface area contributed by atoms with Crippen LogP contribution in [0, 0.1) is 11.7 Å². The highest BCUT2D eigenvalue weighted by atomic mass is 79.9. The maximum Gasteiger partial charge on any atom is 0.227 e. The Balaban J connectivity index is 2.29. The van der Waals surface area contributed by atoms with Crippen LogP contribution in [0.5, 0.6) is 0 Å². The summed E-state index contributed by atoms with van der Waals surface area (Å²) in [6.07, 6.45) is 0.0395. The lowest BCUT2D eigenvalue weighted by atomic mass is 10.1. The lowest BCUT2D eigenvalue weighted by Gasteiger charge is -2.16. The van der Waals surface area contributed by atoms with E-state index in [4.69, 9.17) is 11.6 Å². The number of carbonyl (C=O) groups excluding carboxylic acids is 2. The molecular formula is C11H8BrClFNO2. The lowest BCUT2D eigenvalue weighted by molar-refractivity contribution is -0.120. The van der Waals surface area contributed by atoms with Crippen LogP contribution >= 0.6 is 27.5 Å².